The predicted octanol–water partition coefficient (Wildman–Crippen LogP) is 3.80. The minimum Gasteiger partial charge on any atom is -0.410 e. The second-order valence-corrected chi connectivity index (χ2v) is 6.35. The first kappa shape index (κ1) is 17.6. The van der Waals surface area contributed by atoms with Crippen molar-refractivity contribution in [3.8, 4) is 5.75 Å². The van der Waals surface area contributed by atoms with Crippen molar-refractivity contribution in [2.45, 2.75) is 12.0 Å². The van der Waals surface area contributed by atoms with Crippen molar-refractivity contribution in [2.24, 2.45) is 0 Å². The number of carbonyl (C=O) groups is 1. The summed E-state index contributed by atoms with van der Waals surface area (Å²) in [6.07, 6.45) is -0.556. The number of hydrogen-bond donors (Lipinski definition) is 1. The Bertz CT molecular complexity index is 770. The molecule has 0 bridgehead atoms. The van der Waals surface area contributed by atoms with Gasteiger partial charge in [0, 0.05) is 26.1 Å². The largest absolute Gasteiger partial charge is 0.415 e. The fourth-order valence-electron chi connectivity index (χ4n) is 2.97. The maximum atomic E-state index is 13.8. The van der Waals surface area contributed by atoms with Gasteiger partial charge >= 0.3 is 6.09 Å². The first-order valence-electron chi connectivity index (χ1n) is 7.81. The molecule has 1 saturated heterocycles. The lowest BCUT2D eigenvalue weighted by Crippen LogP contribution is -2.42. The topological polar surface area (TPSA) is 41.6 Å². The Morgan fingerprint density at radius 2 is 1.92 bits per heavy atom. The molecule has 2 aromatic rings. The molecular formula is C18H17ClF2N2O2. The quantitative estimate of drug-likeness (QED) is 0.898. The Labute approximate surface area is 149 Å². The van der Waals surface area contributed by atoms with Gasteiger partial charge in [0.2, 0.25) is 0 Å². The van der Waals surface area contributed by atoms with Gasteiger partial charge in [-0.25, -0.2) is 13.6 Å². The standard InChI is InChI=1S/C18H17ClF2N2O2/c1-23(18(24)25-13-5-3-12(20)4-6-13)17-10-22-9-14(17)11-2-7-15(19)16(21)8-11/h2-8,14,17,22H,9-10H2,1H3. The summed E-state index contributed by atoms with van der Waals surface area (Å²) >= 11 is 5.74. The van der Waals surface area contributed by atoms with Crippen molar-refractivity contribution in [3.05, 3.63) is 64.7 Å². The molecule has 1 N–H and O–H groups in total. The molecule has 2 atom stereocenters. The van der Waals surface area contributed by atoms with Crippen molar-refractivity contribution in [3.63, 3.8) is 0 Å². The summed E-state index contributed by atoms with van der Waals surface area (Å²) in [4.78, 5) is 13.8. The molecule has 4 nitrogen and oxygen atoms in total. The highest BCUT2D eigenvalue weighted by Gasteiger charge is 2.34. The molecule has 0 aliphatic carbocycles. The van der Waals surface area contributed by atoms with Gasteiger partial charge in [-0.15, -0.1) is 0 Å². The molecule has 132 valence electrons. The van der Waals surface area contributed by atoms with Crippen molar-refractivity contribution in [1.82, 2.24) is 10.2 Å². The third-order valence-corrected chi connectivity index (χ3v) is 4.66. The van der Waals surface area contributed by atoms with Crippen LogP contribution in [-0.4, -0.2) is 37.2 Å². The predicted molar refractivity (Wildman–Crippen MR) is 91.0 cm³/mol. The van der Waals surface area contributed by atoms with Gasteiger partial charge in [-0.05, 0) is 42.0 Å². The zero-order chi connectivity index (χ0) is 18.0. The fraction of sp³-hybridized carbons (Fsp3) is 0.278. The van der Waals surface area contributed by atoms with E-state index in [2.05, 4.69) is 5.32 Å². The highest BCUT2D eigenvalue weighted by Crippen LogP contribution is 2.29. The molecular weight excluding hydrogens is 350 g/mol. The molecule has 1 heterocycles. The van der Waals surface area contributed by atoms with E-state index >= 15 is 0 Å². The highest BCUT2D eigenvalue weighted by atomic mass is 35.5. The Kier molecular flexibility index (Phi) is 5.20. The van der Waals surface area contributed by atoms with Gasteiger partial charge in [0.05, 0.1) is 11.1 Å². The molecule has 0 aromatic heterocycles. The van der Waals surface area contributed by atoms with E-state index in [1.54, 1.807) is 13.1 Å². The van der Waals surface area contributed by atoms with Gasteiger partial charge in [0.15, 0.2) is 0 Å². The van der Waals surface area contributed by atoms with E-state index in [0.29, 0.717) is 13.1 Å². The van der Waals surface area contributed by atoms with Crippen LogP contribution in [0.1, 0.15) is 11.5 Å². The lowest BCUT2D eigenvalue weighted by molar-refractivity contribution is 0.145. The van der Waals surface area contributed by atoms with E-state index in [9.17, 15) is 13.6 Å². The zero-order valence-corrected chi connectivity index (χ0v) is 14.3. The van der Waals surface area contributed by atoms with E-state index in [1.165, 1.54) is 41.3 Å². The van der Waals surface area contributed by atoms with Crippen LogP contribution in [0.4, 0.5) is 13.6 Å². The lowest BCUT2D eigenvalue weighted by atomic mass is 9.93. The first-order chi connectivity index (χ1) is 12.0. The van der Waals surface area contributed by atoms with Crippen LogP contribution in [0.3, 0.4) is 0 Å². The number of carbonyl (C=O) groups excluding carboxylic acids is 1. The number of hydrogen-bond acceptors (Lipinski definition) is 3. The number of rotatable bonds is 3. The van der Waals surface area contributed by atoms with Crippen molar-refractivity contribution >= 4 is 17.7 Å². The molecule has 2 unspecified atom stereocenters. The van der Waals surface area contributed by atoms with E-state index < -0.39 is 17.7 Å². The summed E-state index contributed by atoms with van der Waals surface area (Å²) in [5, 5.41) is 3.27. The molecule has 0 spiro atoms. The summed E-state index contributed by atoms with van der Waals surface area (Å²) < 4.78 is 31.9. The van der Waals surface area contributed by atoms with Crippen molar-refractivity contribution in [1.29, 1.82) is 0 Å². The summed E-state index contributed by atoms with van der Waals surface area (Å²) in [6, 6.07) is 9.69. The number of ether oxygens (including phenoxy) is 1. The van der Waals surface area contributed by atoms with Crippen LogP contribution in [0.5, 0.6) is 5.75 Å². The second kappa shape index (κ2) is 7.37. The van der Waals surface area contributed by atoms with Crippen LogP contribution in [0.15, 0.2) is 42.5 Å². The molecule has 1 fully saturated rings. The number of benzene rings is 2. The lowest BCUT2D eigenvalue weighted by Gasteiger charge is -2.28. The number of likely N-dealkylation sites (N-methyl/N-ethyl adjacent to an activating group) is 1. The molecule has 1 aliphatic rings. The van der Waals surface area contributed by atoms with Crippen LogP contribution in [0, 0.1) is 11.6 Å². The number of amides is 1. The smallest absolute Gasteiger partial charge is 0.410 e. The van der Waals surface area contributed by atoms with Crippen LogP contribution < -0.4 is 10.1 Å². The van der Waals surface area contributed by atoms with Gasteiger partial charge in [0.25, 0.3) is 0 Å². The summed E-state index contributed by atoms with van der Waals surface area (Å²) in [6.45, 7) is 1.17. The molecule has 0 saturated carbocycles. The van der Waals surface area contributed by atoms with Crippen LogP contribution in [-0.2, 0) is 0 Å². The van der Waals surface area contributed by atoms with Crippen LogP contribution in [0.25, 0.3) is 0 Å². The minimum absolute atomic E-state index is 0.0651. The van der Waals surface area contributed by atoms with Crippen LogP contribution in [0.2, 0.25) is 5.02 Å². The minimum atomic E-state index is -0.556. The highest BCUT2D eigenvalue weighted by molar-refractivity contribution is 6.30. The number of halogens is 3. The summed E-state index contributed by atoms with van der Waals surface area (Å²) in [5.41, 5.74) is 0.762. The normalized spacial score (nSPS) is 19.7. The van der Waals surface area contributed by atoms with Gasteiger partial charge in [-0.2, -0.15) is 0 Å². The van der Waals surface area contributed by atoms with Crippen molar-refractivity contribution in [2.75, 3.05) is 20.1 Å². The van der Waals surface area contributed by atoms with Gasteiger partial charge in [-0.3, -0.25) is 0 Å². The van der Waals surface area contributed by atoms with E-state index in [-0.39, 0.29) is 22.7 Å². The molecule has 25 heavy (non-hydrogen) atoms. The average Bonchev–Trinajstić information content (AvgIpc) is 3.08. The summed E-state index contributed by atoms with van der Waals surface area (Å²) in [5.74, 6) is -0.713. The molecule has 3 rings (SSSR count). The van der Waals surface area contributed by atoms with E-state index in [1.807, 2.05) is 0 Å². The SMILES string of the molecule is CN(C(=O)Oc1ccc(F)cc1)C1CNCC1c1ccc(Cl)c(F)c1. The van der Waals surface area contributed by atoms with Crippen LogP contribution >= 0.6 is 11.6 Å². The molecule has 7 heteroatoms. The Morgan fingerprint density at radius 3 is 2.60 bits per heavy atom. The van der Waals surface area contributed by atoms with Gasteiger partial charge in [-0.1, -0.05) is 17.7 Å². The van der Waals surface area contributed by atoms with Crippen molar-refractivity contribution < 1.29 is 18.3 Å². The molecule has 1 aliphatic heterocycles. The molecule has 1 amide bonds. The summed E-state index contributed by atoms with van der Waals surface area (Å²) in [7, 11) is 1.63. The Morgan fingerprint density at radius 1 is 1.20 bits per heavy atom. The zero-order valence-electron chi connectivity index (χ0n) is 13.5. The average molecular weight is 367 g/mol. The monoisotopic (exact) mass is 366 g/mol. The third kappa shape index (κ3) is 3.91. The number of nitrogens with one attached hydrogen (secondary N) is 1. The van der Waals surface area contributed by atoms with E-state index in [4.69, 9.17) is 16.3 Å². The Hall–Kier alpha value is -2.18. The molecule has 2 aromatic carbocycles. The van der Waals surface area contributed by atoms with E-state index in [0.717, 1.165) is 5.56 Å². The second-order valence-electron chi connectivity index (χ2n) is 5.94. The molecule has 0 radical (unpaired) electrons. The first-order valence-corrected chi connectivity index (χ1v) is 8.19. The Balaban J connectivity index is 1.73. The fourth-order valence-corrected chi connectivity index (χ4v) is 3.08. The van der Waals surface area contributed by atoms with Gasteiger partial charge < -0.3 is 15.0 Å². The third-order valence-electron chi connectivity index (χ3n) is 4.36. The maximum Gasteiger partial charge on any atom is 0.415 e. The maximum absolute atomic E-state index is 13.8. The number of nitrogens with zero attached hydrogens (tertiary/aromatic N) is 1. The van der Waals surface area contributed by atoms with Gasteiger partial charge in [0.1, 0.15) is 17.4 Å².